The van der Waals surface area contributed by atoms with Crippen LogP contribution in [0.2, 0.25) is 5.02 Å². The Labute approximate surface area is 206 Å². The Bertz CT molecular complexity index is 1420. The molecule has 2 aromatic carbocycles. The molecule has 34 heavy (non-hydrogen) atoms. The van der Waals surface area contributed by atoms with Crippen molar-refractivity contribution in [1.82, 2.24) is 15.5 Å². The standard InChI is InChI=1S/C26H23ClN4O2S/c1-14-7-9-18(12-16(14)3)23-22(25-29-24(30-33-25)21-6-5-11-34-21)17(4)31(26(32)28-23)19-10-8-15(2)20(27)13-19/h5-13,23H,1-4H3,(H,28,32). The smallest absolute Gasteiger partial charge is 0.326 e. The van der Waals surface area contributed by atoms with E-state index < -0.39 is 6.04 Å². The molecule has 0 spiro atoms. The molecule has 1 aliphatic heterocycles. The molecule has 2 aromatic heterocycles. The molecule has 1 atom stereocenters. The maximum atomic E-state index is 13.4. The molecule has 2 amide bonds. The number of hydrogen-bond acceptors (Lipinski definition) is 5. The van der Waals surface area contributed by atoms with Crippen molar-refractivity contribution in [3.8, 4) is 10.7 Å². The Hall–Kier alpha value is -3.42. The van der Waals surface area contributed by atoms with Gasteiger partial charge in [0.25, 0.3) is 5.89 Å². The van der Waals surface area contributed by atoms with E-state index >= 15 is 0 Å². The molecule has 172 valence electrons. The van der Waals surface area contributed by atoms with Crippen LogP contribution >= 0.6 is 22.9 Å². The van der Waals surface area contributed by atoms with E-state index in [-0.39, 0.29) is 6.03 Å². The summed E-state index contributed by atoms with van der Waals surface area (Å²) in [5.41, 5.74) is 6.32. The van der Waals surface area contributed by atoms with Gasteiger partial charge in [-0.2, -0.15) is 4.98 Å². The molecule has 0 radical (unpaired) electrons. The second-order valence-electron chi connectivity index (χ2n) is 8.39. The summed E-state index contributed by atoms with van der Waals surface area (Å²) in [5, 5.41) is 9.92. The zero-order chi connectivity index (χ0) is 24.0. The van der Waals surface area contributed by atoms with Crippen molar-refractivity contribution in [3.63, 3.8) is 0 Å². The number of nitrogens with one attached hydrogen (secondary N) is 1. The van der Waals surface area contributed by atoms with Gasteiger partial charge in [0.2, 0.25) is 5.82 Å². The molecule has 8 heteroatoms. The second-order valence-corrected chi connectivity index (χ2v) is 9.75. The number of benzene rings is 2. The van der Waals surface area contributed by atoms with E-state index in [2.05, 4.69) is 36.5 Å². The van der Waals surface area contributed by atoms with Gasteiger partial charge in [-0.05, 0) is 73.5 Å². The fraction of sp³-hybridized carbons (Fsp3) is 0.192. The fourth-order valence-electron chi connectivity index (χ4n) is 4.08. The molecule has 0 saturated heterocycles. The van der Waals surface area contributed by atoms with Crippen LogP contribution in [0.3, 0.4) is 0 Å². The SMILES string of the molecule is CC1=C(c2nc(-c3cccs3)no2)C(c2ccc(C)c(C)c2)NC(=O)N1c1ccc(C)c(Cl)c1. The topological polar surface area (TPSA) is 71.3 Å². The molecule has 3 heterocycles. The predicted molar refractivity (Wildman–Crippen MR) is 136 cm³/mol. The van der Waals surface area contributed by atoms with Crippen molar-refractivity contribution < 1.29 is 9.32 Å². The summed E-state index contributed by atoms with van der Waals surface area (Å²) < 4.78 is 5.75. The van der Waals surface area contributed by atoms with E-state index in [1.165, 1.54) is 5.56 Å². The molecule has 4 aromatic rings. The Balaban J connectivity index is 1.68. The number of allylic oxidation sites excluding steroid dienone is 1. The second kappa shape index (κ2) is 8.74. The number of thiophene rings is 1. The first kappa shape index (κ1) is 22.4. The highest BCUT2D eigenvalue weighted by Crippen LogP contribution is 2.40. The minimum Gasteiger partial charge on any atom is -0.334 e. The van der Waals surface area contributed by atoms with Crippen LogP contribution < -0.4 is 10.2 Å². The first-order valence-corrected chi connectivity index (χ1v) is 12.1. The van der Waals surface area contributed by atoms with Gasteiger partial charge >= 0.3 is 6.03 Å². The van der Waals surface area contributed by atoms with Gasteiger partial charge in [0, 0.05) is 10.7 Å². The minimum atomic E-state index is -0.444. The van der Waals surface area contributed by atoms with Crippen molar-refractivity contribution in [1.29, 1.82) is 0 Å². The van der Waals surface area contributed by atoms with Crippen molar-refractivity contribution >= 4 is 40.2 Å². The largest absolute Gasteiger partial charge is 0.334 e. The molecule has 1 aliphatic rings. The summed E-state index contributed by atoms with van der Waals surface area (Å²) in [7, 11) is 0. The van der Waals surface area contributed by atoms with Crippen molar-refractivity contribution in [2.45, 2.75) is 33.7 Å². The Morgan fingerprint density at radius 1 is 1.03 bits per heavy atom. The fourth-order valence-corrected chi connectivity index (χ4v) is 4.91. The number of hydrogen-bond donors (Lipinski definition) is 1. The summed E-state index contributed by atoms with van der Waals surface area (Å²) in [5.74, 6) is 0.887. The third-order valence-electron chi connectivity index (χ3n) is 6.16. The lowest BCUT2D eigenvalue weighted by Gasteiger charge is -2.35. The number of carbonyl (C=O) groups is 1. The van der Waals surface area contributed by atoms with Crippen LogP contribution in [-0.4, -0.2) is 16.2 Å². The zero-order valence-electron chi connectivity index (χ0n) is 19.2. The van der Waals surface area contributed by atoms with Gasteiger partial charge in [0.1, 0.15) is 0 Å². The van der Waals surface area contributed by atoms with Gasteiger partial charge in [0.15, 0.2) is 0 Å². The number of aromatic nitrogens is 2. The van der Waals surface area contributed by atoms with Crippen LogP contribution in [0.4, 0.5) is 10.5 Å². The van der Waals surface area contributed by atoms with Gasteiger partial charge in [0.05, 0.1) is 22.2 Å². The third kappa shape index (κ3) is 3.91. The highest BCUT2D eigenvalue weighted by Gasteiger charge is 2.36. The van der Waals surface area contributed by atoms with Crippen molar-refractivity contribution in [2.75, 3.05) is 4.90 Å². The summed E-state index contributed by atoms with van der Waals surface area (Å²) in [4.78, 5) is 20.6. The normalized spacial score (nSPS) is 16.2. The van der Waals surface area contributed by atoms with Gasteiger partial charge in [-0.1, -0.05) is 47.1 Å². The molecule has 0 fully saturated rings. The lowest BCUT2D eigenvalue weighted by molar-refractivity contribution is 0.244. The van der Waals surface area contributed by atoms with E-state index in [0.29, 0.717) is 28.1 Å². The average Bonchev–Trinajstić information content (AvgIpc) is 3.50. The van der Waals surface area contributed by atoms with Crippen LogP contribution in [0.25, 0.3) is 16.3 Å². The van der Waals surface area contributed by atoms with Crippen molar-refractivity contribution in [2.24, 2.45) is 0 Å². The van der Waals surface area contributed by atoms with E-state index in [4.69, 9.17) is 21.1 Å². The summed E-state index contributed by atoms with van der Waals surface area (Å²) in [6.07, 6.45) is 0. The molecule has 0 aliphatic carbocycles. The Morgan fingerprint density at radius 2 is 1.82 bits per heavy atom. The molecular formula is C26H23ClN4O2S. The van der Waals surface area contributed by atoms with Crippen LogP contribution in [0, 0.1) is 20.8 Å². The van der Waals surface area contributed by atoms with Crippen LogP contribution in [0.5, 0.6) is 0 Å². The Morgan fingerprint density at radius 3 is 2.53 bits per heavy atom. The highest BCUT2D eigenvalue weighted by atomic mass is 35.5. The quantitative estimate of drug-likeness (QED) is 0.332. The monoisotopic (exact) mass is 490 g/mol. The van der Waals surface area contributed by atoms with Gasteiger partial charge in [-0.25, -0.2) is 4.79 Å². The maximum absolute atomic E-state index is 13.4. The molecule has 0 saturated carbocycles. The van der Waals surface area contributed by atoms with Crippen LogP contribution in [0.1, 0.15) is 41.1 Å². The highest BCUT2D eigenvalue weighted by molar-refractivity contribution is 7.13. The average molecular weight is 491 g/mol. The first-order valence-electron chi connectivity index (χ1n) is 10.9. The van der Waals surface area contributed by atoms with E-state index in [0.717, 1.165) is 27.1 Å². The van der Waals surface area contributed by atoms with E-state index in [9.17, 15) is 4.79 Å². The number of halogens is 1. The molecular weight excluding hydrogens is 468 g/mol. The molecule has 5 rings (SSSR count). The number of nitrogens with zero attached hydrogens (tertiary/aromatic N) is 3. The van der Waals surface area contributed by atoms with E-state index in [1.54, 1.807) is 22.3 Å². The summed E-state index contributed by atoms with van der Waals surface area (Å²) in [6, 6.07) is 14.9. The number of aryl methyl sites for hydroxylation is 3. The molecule has 1 unspecified atom stereocenters. The number of rotatable bonds is 4. The Kier molecular flexibility index (Phi) is 5.75. The lowest BCUT2D eigenvalue weighted by atomic mass is 9.92. The molecule has 0 bridgehead atoms. The number of amides is 2. The third-order valence-corrected chi connectivity index (χ3v) is 7.43. The van der Waals surface area contributed by atoms with Gasteiger partial charge in [-0.3, -0.25) is 4.90 Å². The van der Waals surface area contributed by atoms with Crippen molar-refractivity contribution in [3.05, 3.63) is 92.8 Å². The molecule has 1 N–H and O–H groups in total. The van der Waals surface area contributed by atoms with Crippen LogP contribution in [0.15, 0.2) is 64.1 Å². The van der Waals surface area contributed by atoms with E-state index in [1.807, 2.05) is 49.6 Å². The zero-order valence-corrected chi connectivity index (χ0v) is 20.8. The first-order chi connectivity index (χ1) is 16.3. The number of anilines is 1. The predicted octanol–water partition coefficient (Wildman–Crippen LogP) is 7.08. The maximum Gasteiger partial charge on any atom is 0.326 e. The summed E-state index contributed by atoms with van der Waals surface area (Å²) in [6.45, 7) is 7.94. The number of carbonyl (C=O) groups excluding carboxylic acids is 1. The molecule has 6 nitrogen and oxygen atoms in total. The summed E-state index contributed by atoms with van der Waals surface area (Å²) >= 11 is 7.93. The van der Waals surface area contributed by atoms with Gasteiger partial charge < -0.3 is 9.84 Å². The van der Waals surface area contributed by atoms with Crippen LogP contribution in [-0.2, 0) is 0 Å². The van der Waals surface area contributed by atoms with Gasteiger partial charge in [-0.15, -0.1) is 11.3 Å². The number of urea groups is 1. The lowest BCUT2D eigenvalue weighted by Crippen LogP contribution is -2.46. The minimum absolute atomic E-state index is 0.248.